The first-order valence-electron chi connectivity index (χ1n) is 10.2. The number of ether oxygens (including phenoxy) is 2. The van der Waals surface area contributed by atoms with Gasteiger partial charge in [-0.05, 0) is 29.7 Å². The van der Waals surface area contributed by atoms with Crippen LogP contribution in [0.4, 0.5) is 0 Å². The standard InChI is InChI=1S/C23H29N3O2/c1-3-13-28-21-10-9-18(14-22(21)27-2)23-19-16-26(12-11-20(19)24-25-23)15-17-7-5-4-6-8-17/h4-10,14,19,23,25H,3,11-13,15-16H2,1-2H3. The highest BCUT2D eigenvalue weighted by molar-refractivity contribution is 5.90. The zero-order chi connectivity index (χ0) is 19.3. The maximum atomic E-state index is 5.80. The summed E-state index contributed by atoms with van der Waals surface area (Å²) in [7, 11) is 1.70. The van der Waals surface area contributed by atoms with Crippen LogP contribution in [-0.4, -0.2) is 37.4 Å². The molecule has 28 heavy (non-hydrogen) atoms. The quantitative estimate of drug-likeness (QED) is 0.790. The molecule has 2 atom stereocenters. The van der Waals surface area contributed by atoms with Crippen molar-refractivity contribution in [3.8, 4) is 11.5 Å². The molecule has 148 valence electrons. The largest absolute Gasteiger partial charge is 0.493 e. The normalized spacial score (nSPS) is 21.6. The van der Waals surface area contributed by atoms with Crippen LogP contribution in [0.15, 0.2) is 53.6 Å². The summed E-state index contributed by atoms with van der Waals surface area (Å²) in [5.74, 6) is 1.99. The Labute approximate surface area is 167 Å². The van der Waals surface area contributed by atoms with Crippen LogP contribution < -0.4 is 14.9 Å². The minimum atomic E-state index is 0.183. The first-order valence-corrected chi connectivity index (χ1v) is 10.2. The molecular weight excluding hydrogens is 350 g/mol. The van der Waals surface area contributed by atoms with Crippen molar-refractivity contribution in [2.24, 2.45) is 11.0 Å². The fourth-order valence-corrected chi connectivity index (χ4v) is 4.11. The number of methoxy groups -OCH3 is 1. The Bertz CT molecular complexity index is 822. The monoisotopic (exact) mass is 379 g/mol. The van der Waals surface area contributed by atoms with E-state index in [9.17, 15) is 0 Å². The van der Waals surface area contributed by atoms with E-state index in [0.717, 1.165) is 44.0 Å². The second-order valence-corrected chi connectivity index (χ2v) is 7.55. The average Bonchev–Trinajstić information content (AvgIpc) is 3.16. The van der Waals surface area contributed by atoms with Crippen molar-refractivity contribution in [3.05, 3.63) is 59.7 Å². The van der Waals surface area contributed by atoms with Gasteiger partial charge < -0.3 is 14.9 Å². The molecule has 1 fully saturated rings. The fraction of sp³-hybridized carbons (Fsp3) is 0.435. The molecule has 0 aliphatic carbocycles. The summed E-state index contributed by atoms with van der Waals surface area (Å²) in [5, 5.41) is 4.65. The van der Waals surface area contributed by atoms with Gasteiger partial charge in [0.25, 0.3) is 0 Å². The third-order valence-corrected chi connectivity index (χ3v) is 5.57. The number of hydrazone groups is 1. The van der Waals surface area contributed by atoms with Gasteiger partial charge in [0.2, 0.25) is 0 Å². The van der Waals surface area contributed by atoms with Crippen molar-refractivity contribution in [1.29, 1.82) is 0 Å². The summed E-state index contributed by atoms with van der Waals surface area (Å²) >= 11 is 0. The predicted octanol–water partition coefficient (Wildman–Crippen LogP) is 4.01. The summed E-state index contributed by atoms with van der Waals surface area (Å²) in [6.07, 6.45) is 2.00. The number of rotatable bonds is 7. The zero-order valence-electron chi connectivity index (χ0n) is 16.7. The van der Waals surface area contributed by atoms with E-state index in [-0.39, 0.29) is 6.04 Å². The Morgan fingerprint density at radius 1 is 1.14 bits per heavy atom. The minimum Gasteiger partial charge on any atom is -0.493 e. The average molecular weight is 380 g/mol. The Hall–Kier alpha value is -2.53. The summed E-state index contributed by atoms with van der Waals surface area (Å²) in [4.78, 5) is 2.54. The lowest BCUT2D eigenvalue weighted by atomic mass is 9.86. The third kappa shape index (κ3) is 3.99. The molecule has 0 radical (unpaired) electrons. The summed E-state index contributed by atoms with van der Waals surface area (Å²) in [6, 6.07) is 17.1. The first kappa shape index (κ1) is 18.8. The van der Waals surface area contributed by atoms with E-state index in [1.54, 1.807) is 7.11 Å². The molecule has 2 heterocycles. The molecular formula is C23H29N3O2. The second kappa shape index (κ2) is 8.65. The van der Waals surface area contributed by atoms with Crippen molar-refractivity contribution in [3.63, 3.8) is 0 Å². The number of hydrogen-bond donors (Lipinski definition) is 1. The van der Waals surface area contributed by atoms with Gasteiger partial charge in [0.1, 0.15) is 0 Å². The van der Waals surface area contributed by atoms with Gasteiger partial charge in [-0.25, -0.2) is 0 Å². The van der Waals surface area contributed by atoms with Crippen LogP contribution in [0.3, 0.4) is 0 Å². The van der Waals surface area contributed by atoms with Gasteiger partial charge >= 0.3 is 0 Å². The van der Waals surface area contributed by atoms with Crippen molar-refractivity contribution in [1.82, 2.24) is 10.3 Å². The molecule has 0 amide bonds. The Morgan fingerprint density at radius 2 is 2.00 bits per heavy atom. The Kier molecular flexibility index (Phi) is 5.81. The van der Waals surface area contributed by atoms with Crippen LogP contribution in [-0.2, 0) is 6.54 Å². The van der Waals surface area contributed by atoms with Crippen LogP contribution in [0.2, 0.25) is 0 Å². The molecule has 2 aliphatic heterocycles. The van der Waals surface area contributed by atoms with Gasteiger partial charge in [-0.2, -0.15) is 5.10 Å². The van der Waals surface area contributed by atoms with E-state index in [0.29, 0.717) is 12.5 Å². The van der Waals surface area contributed by atoms with E-state index >= 15 is 0 Å². The van der Waals surface area contributed by atoms with E-state index in [1.165, 1.54) is 16.8 Å². The summed E-state index contributed by atoms with van der Waals surface area (Å²) < 4.78 is 11.4. The first-order chi connectivity index (χ1) is 13.8. The molecule has 2 unspecified atom stereocenters. The predicted molar refractivity (Wildman–Crippen MR) is 112 cm³/mol. The lowest BCUT2D eigenvalue weighted by Crippen LogP contribution is -2.41. The second-order valence-electron chi connectivity index (χ2n) is 7.55. The van der Waals surface area contributed by atoms with Crippen LogP contribution in [0.25, 0.3) is 0 Å². The molecule has 5 heteroatoms. The number of benzene rings is 2. The van der Waals surface area contributed by atoms with Gasteiger partial charge in [0.05, 0.1) is 19.8 Å². The smallest absolute Gasteiger partial charge is 0.161 e. The molecule has 0 saturated carbocycles. The van der Waals surface area contributed by atoms with Crippen LogP contribution >= 0.6 is 0 Å². The fourth-order valence-electron chi connectivity index (χ4n) is 4.11. The molecule has 2 aliphatic rings. The molecule has 0 aromatic heterocycles. The molecule has 5 nitrogen and oxygen atoms in total. The van der Waals surface area contributed by atoms with Crippen molar-refractivity contribution >= 4 is 5.71 Å². The topological polar surface area (TPSA) is 46.1 Å². The lowest BCUT2D eigenvalue weighted by Gasteiger charge is -2.33. The van der Waals surface area contributed by atoms with Crippen LogP contribution in [0, 0.1) is 5.92 Å². The maximum absolute atomic E-state index is 5.80. The molecule has 0 spiro atoms. The van der Waals surface area contributed by atoms with E-state index in [4.69, 9.17) is 9.47 Å². The number of nitrogens with zero attached hydrogens (tertiary/aromatic N) is 2. The SMILES string of the molecule is CCCOc1ccc(C2NN=C3CCN(Cc4ccccc4)CC32)cc1OC. The van der Waals surface area contributed by atoms with Crippen LogP contribution in [0.1, 0.15) is 36.9 Å². The van der Waals surface area contributed by atoms with Gasteiger partial charge in [-0.15, -0.1) is 0 Å². The molecule has 1 N–H and O–H groups in total. The molecule has 2 aromatic carbocycles. The molecule has 4 rings (SSSR count). The van der Waals surface area contributed by atoms with E-state index < -0.39 is 0 Å². The number of piperidine rings is 1. The molecule has 2 aromatic rings. The van der Waals surface area contributed by atoms with Gasteiger partial charge in [0, 0.05) is 37.7 Å². The zero-order valence-corrected chi connectivity index (χ0v) is 16.7. The summed E-state index contributed by atoms with van der Waals surface area (Å²) in [6.45, 7) is 5.87. The third-order valence-electron chi connectivity index (χ3n) is 5.57. The van der Waals surface area contributed by atoms with Crippen molar-refractivity contribution < 1.29 is 9.47 Å². The van der Waals surface area contributed by atoms with Crippen LogP contribution in [0.5, 0.6) is 11.5 Å². The Balaban J connectivity index is 1.48. The highest BCUT2D eigenvalue weighted by atomic mass is 16.5. The number of fused-ring (bicyclic) bond motifs is 1. The maximum Gasteiger partial charge on any atom is 0.161 e. The van der Waals surface area contributed by atoms with E-state index in [2.05, 4.69) is 64.8 Å². The molecule has 1 saturated heterocycles. The minimum absolute atomic E-state index is 0.183. The highest BCUT2D eigenvalue weighted by Gasteiger charge is 2.37. The van der Waals surface area contributed by atoms with E-state index in [1.807, 2.05) is 6.07 Å². The number of hydrogen-bond acceptors (Lipinski definition) is 5. The van der Waals surface area contributed by atoms with Gasteiger partial charge in [-0.3, -0.25) is 4.90 Å². The number of likely N-dealkylation sites (tertiary alicyclic amines) is 1. The van der Waals surface area contributed by atoms with Gasteiger partial charge in [0.15, 0.2) is 11.5 Å². The summed E-state index contributed by atoms with van der Waals surface area (Å²) in [5.41, 5.74) is 7.23. The van der Waals surface area contributed by atoms with Gasteiger partial charge in [-0.1, -0.05) is 43.3 Å². The number of nitrogens with one attached hydrogen (secondary N) is 1. The molecule has 0 bridgehead atoms. The highest BCUT2D eigenvalue weighted by Crippen LogP contribution is 2.37. The Morgan fingerprint density at radius 3 is 2.79 bits per heavy atom. The lowest BCUT2D eigenvalue weighted by molar-refractivity contribution is 0.220. The van der Waals surface area contributed by atoms with Crippen molar-refractivity contribution in [2.45, 2.75) is 32.4 Å². The van der Waals surface area contributed by atoms with Crippen molar-refractivity contribution in [2.75, 3.05) is 26.8 Å².